The van der Waals surface area contributed by atoms with Gasteiger partial charge in [0.25, 0.3) is 0 Å². The summed E-state index contributed by atoms with van der Waals surface area (Å²) in [6, 6.07) is 0. The van der Waals surface area contributed by atoms with Gasteiger partial charge in [-0.25, -0.2) is 0 Å². The maximum Gasteiger partial charge on any atom is 0.187 e. The lowest BCUT2D eigenvalue weighted by Crippen LogP contribution is -1.69. The Morgan fingerprint density at radius 2 is 2.50 bits per heavy atom. The highest BCUT2D eigenvalue weighted by atomic mass is 32.2. The molecule has 1 heterocycles. The Labute approximate surface area is 52.4 Å². The molecule has 0 bridgehead atoms. The minimum absolute atomic E-state index is 0. The summed E-state index contributed by atoms with van der Waals surface area (Å²) in [5, 5.41) is 0. The van der Waals surface area contributed by atoms with Crippen LogP contribution in [0.25, 0.3) is 0 Å². The smallest absolute Gasteiger partial charge is 0.187 e. The lowest BCUT2D eigenvalue weighted by Gasteiger charge is -1.67. The second-order valence-corrected chi connectivity index (χ2v) is 1.83. The van der Waals surface area contributed by atoms with Gasteiger partial charge in [-0.15, -0.1) is 11.8 Å². The first kappa shape index (κ1) is 6.55. The number of aliphatic imine (C=N–C) groups is 1. The highest BCUT2D eigenvalue weighted by molar-refractivity contribution is 8.12. The second kappa shape index (κ2) is 3.73. The quantitative estimate of drug-likeness (QED) is 0.392. The summed E-state index contributed by atoms with van der Waals surface area (Å²) in [6.07, 6.45) is 0. The normalized spacial score (nSPS) is 17.3. The largest absolute Gasteiger partial charge is 0.285 e. The fourth-order valence-electron chi connectivity index (χ4n) is 0.264. The molecule has 0 atom stereocenters. The molecule has 0 aliphatic carbocycles. The molecule has 0 saturated carbocycles. The zero-order chi connectivity index (χ0) is 3.54. The molecule has 1 aliphatic heterocycles. The van der Waals surface area contributed by atoms with E-state index in [-0.39, 0.29) is 17.4 Å². The third-order valence-electron chi connectivity index (χ3n) is 0.487. The standard InChI is InChI=1S/C3H5NS.Al.3H/c1-2-5-3-4-1;;;;/h3H,1-2H2;;;;. The van der Waals surface area contributed by atoms with E-state index in [1.165, 1.54) is 5.75 Å². The summed E-state index contributed by atoms with van der Waals surface area (Å²) in [5.41, 5.74) is 1.90. The van der Waals surface area contributed by atoms with Gasteiger partial charge in [0.2, 0.25) is 0 Å². The number of hydrogen-bond acceptors (Lipinski definition) is 2. The second-order valence-electron chi connectivity index (χ2n) is 0.882. The van der Waals surface area contributed by atoms with Gasteiger partial charge in [0.15, 0.2) is 17.4 Å². The molecule has 3 heteroatoms. The van der Waals surface area contributed by atoms with Gasteiger partial charge < -0.3 is 0 Å². The molecule has 0 N–H and O–H groups in total. The van der Waals surface area contributed by atoms with Gasteiger partial charge >= 0.3 is 0 Å². The monoisotopic (exact) mass is 117 g/mol. The van der Waals surface area contributed by atoms with E-state index in [1.807, 2.05) is 5.55 Å². The summed E-state index contributed by atoms with van der Waals surface area (Å²) in [6.45, 7) is 1.03. The van der Waals surface area contributed by atoms with Crippen LogP contribution in [0.3, 0.4) is 0 Å². The molecule has 0 amide bonds. The van der Waals surface area contributed by atoms with Crippen LogP contribution in [-0.2, 0) is 0 Å². The highest BCUT2D eigenvalue weighted by Gasteiger charge is 1.86. The zero-order valence-corrected chi connectivity index (χ0v) is 3.66. The number of nitrogens with zero attached hydrogens (tertiary/aromatic N) is 1. The van der Waals surface area contributed by atoms with Crippen molar-refractivity contribution in [3.8, 4) is 0 Å². The summed E-state index contributed by atoms with van der Waals surface area (Å²) in [7, 11) is 0. The first-order chi connectivity index (χ1) is 2.50. The van der Waals surface area contributed by atoms with Crippen molar-refractivity contribution in [1.82, 2.24) is 0 Å². The van der Waals surface area contributed by atoms with Crippen LogP contribution in [0.2, 0.25) is 0 Å². The third kappa shape index (κ3) is 1.86. The molecule has 0 unspecified atom stereocenters. The first-order valence-corrected chi connectivity index (χ1v) is 2.65. The molecule has 34 valence electrons. The van der Waals surface area contributed by atoms with E-state index < -0.39 is 0 Å². The van der Waals surface area contributed by atoms with Crippen molar-refractivity contribution in [2.24, 2.45) is 4.99 Å². The molecule has 0 aromatic carbocycles. The third-order valence-corrected chi connectivity index (χ3v) is 1.20. The topological polar surface area (TPSA) is 12.4 Å². The van der Waals surface area contributed by atoms with E-state index in [4.69, 9.17) is 0 Å². The fourth-order valence-corrected chi connectivity index (χ4v) is 0.791. The van der Waals surface area contributed by atoms with Gasteiger partial charge in [0, 0.05) is 12.3 Å². The van der Waals surface area contributed by atoms with Crippen molar-refractivity contribution >= 4 is 34.7 Å². The van der Waals surface area contributed by atoms with Gasteiger partial charge in [-0.2, -0.15) is 0 Å². The average molecular weight is 117 g/mol. The molecule has 0 spiro atoms. The average Bonchev–Trinajstić information content (AvgIpc) is 1.76. The Kier molecular flexibility index (Phi) is 4.08. The molecular formula is C3H8AlNS. The Balaban J connectivity index is 0.000000250. The van der Waals surface area contributed by atoms with Crippen LogP contribution in [0.15, 0.2) is 4.99 Å². The van der Waals surface area contributed by atoms with E-state index in [0.717, 1.165) is 6.54 Å². The lowest BCUT2D eigenvalue weighted by molar-refractivity contribution is 1.18. The maximum absolute atomic E-state index is 3.92. The predicted octanol–water partition coefficient (Wildman–Crippen LogP) is -0.422. The van der Waals surface area contributed by atoms with Gasteiger partial charge in [-0.3, -0.25) is 4.99 Å². The van der Waals surface area contributed by atoms with E-state index >= 15 is 0 Å². The first-order valence-electron chi connectivity index (χ1n) is 1.60. The Bertz CT molecular complexity index is 48.8. The molecule has 1 rings (SSSR count). The van der Waals surface area contributed by atoms with Crippen molar-refractivity contribution in [1.29, 1.82) is 0 Å². The van der Waals surface area contributed by atoms with Crippen molar-refractivity contribution in [2.75, 3.05) is 12.3 Å². The molecule has 0 aromatic heterocycles. The SMILES string of the molecule is C1=NCCS1.[AlH3]. The fraction of sp³-hybridized carbons (Fsp3) is 0.667. The van der Waals surface area contributed by atoms with E-state index in [2.05, 4.69) is 4.99 Å². The van der Waals surface area contributed by atoms with Crippen molar-refractivity contribution in [3.63, 3.8) is 0 Å². The highest BCUT2D eigenvalue weighted by Crippen LogP contribution is 1.99. The van der Waals surface area contributed by atoms with Crippen molar-refractivity contribution < 1.29 is 0 Å². The molecule has 0 fully saturated rings. The van der Waals surface area contributed by atoms with Crippen LogP contribution in [0.5, 0.6) is 0 Å². The summed E-state index contributed by atoms with van der Waals surface area (Å²) in [4.78, 5) is 3.92. The number of hydrogen-bond donors (Lipinski definition) is 0. The Morgan fingerprint density at radius 1 is 1.67 bits per heavy atom. The van der Waals surface area contributed by atoms with Crippen LogP contribution in [-0.4, -0.2) is 35.2 Å². The number of thioether (sulfide) groups is 1. The molecule has 0 saturated heterocycles. The van der Waals surface area contributed by atoms with Crippen LogP contribution >= 0.6 is 11.8 Å². The van der Waals surface area contributed by atoms with Crippen LogP contribution in [0.1, 0.15) is 0 Å². The van der Waals surface area contributed by atoms with Gasteiger partial charge in [-0.05, 0) is 0 Å². The summed E-state index contributed by atoms with van der Waals surface area (Å²) >= 11 is 1.78. The van der Waals surface area contributed by atoms with Gasteiger partial charge in [0.05, 0.1) is 5.55 Å². The van der Waals surface area contributed by atoms with Crippen molar-refractivity contribution in [2.45, 2.75) is 0 Å². The Hall–Kier alpha value is 0.552. The maximum atomic E-state index is 3.92. The van der Waals surface area contributed by atoms with Crippen molar-refractivity contribution in [3.05, 3.63) is 0 Å². The number of rotatable bonds is 0. The molecule has 1 aliphatic rings. The van der Waals surface area contributed by atoms with E-state index in [0.29, 0.717) is 0 Å². The zero-order valence-electron chi connectivity index (χ0n) is 2.85. The molecule has 6 heavy (non-hydrogen) atoms. The summed E-state index contributed by atoms with van der Waals surface area (Å²) < 4.78 is 0. The Morgan fingerprint density at radius 3 is 2.67 bits per heavy atom. The van der Waals surface area contributed by atoms with Gasteiger partial charge in [-0.1, -0.05) is 0 Å². The van der Waals surface area contributed by atoms with E-state index in [9.17, 15) is 0 Å². The van der Waals surface area contributed by atoms with Crippen LogP contribution in [0.4, 0.5) is 0 Å². The minimum Gasteiger partial charge on any atom is -0.285 e. The molecule has 0 aromatic rings. The van der Waals surface area contributed by atoms with Gasteiger partial charge in [0.1, 0.15) is 0 Å². The summed E-state index contributed by atoms with van der Waals surface area (Å²) in [5.74, 6) is 1.19. The van der Waals surface area contributed by atoms with Crippen LogP contribution in [0, 0.1) is 0 Å². The molecular weight excluding hydrogens is 109 g/mol. The molecule has 1 nitrogen and oxygen atoms in total. The van der Waals surface area contributed by atoms with Crippen LogP contribution < -0.4 is 0 Å². The van der Waals surface area contributed by atoms with E-state index in [1.54, 1.807) is 11.8 Å². The predicted molar refractivity (Wildman–Crippen MR) is 35.8 cm³/mol. The lowest BCUT2D eigenvalue weighted by atomic mass is 10.8. The minimum atomic E-state index is 0. The molecule has 0 radical (unpaired) electrons.